The Labute approximate surface area is 113 Å². The first-order chi connectivity index (χ1) is 9.10. The monoisotopic (exact) mass is 279 g/mol. The van der Waals surface area contributed by atoms with E-state index in [9.17, 15) is 13.6 Å². The van der Waals surface area contributed by atoms with Gasteiger partial charge in [0.15, 0.2) is 0 Å². The maximum absolute atomic E-state index is 13.4. The number of carbonyl (C=O) groups is 1. The zero-order chi connectivity index (χ0) is 13.8. The number of amides is 1. The van der Waals surface area contributed by atoms with Crippen molar-refractivity contribution in [1.29, 1.82) is 0 Å². The number of halogens is 2. The summed E-state index contributed by atoms with van der Waals surface area (Å²) in [6.45, 7) is 0. The molecule has 2 rings (SSSR count). The molecule has 0 radical (unpaired) electrons. The molecule has 0 atom stereocenters. The molecule has 0 fully saturated rings. The molecule has 1 amide bonds. The van der Waals surface area contributed by atoms with Gasteiger partial charge in [0.2, 0.25) is 0 Å². The van der Waals surface area contributed by atoms with Gasteiger partial charge in [-0.25, -0.2) is 8.78 Å². The molecule has 0 aromatic heterocycles. The minimum atomic E-state index is -0.750. The van der Waals surface area contributed by atoms with Crippen LogP contribution < -0.4 is 5.32 Å². The molecule has 0 saturated carbocycles. The third kappa shape index (κ3) is 3.32. The lowest BCUT2D eigenvalue weighted by Crippen LogP contribution is -2.14. The van der Waals surface area contributed by atoms with Crippen molar-refractivity contribution >= 4 is 23.4 Å². The average molecular weight is 279 g/mol. The van der Waals surface area contributed by atoms with Crippen LogP contribution in [0.2, 0.25) is 0 Å². The van der Waals surface area contributed by atoms with Crippen molar-refractivity contribution in [3.8, 4) is 0 Å². The van der Waals surface area contributed by atoms with Crippen LogP contribution in [0.4, 0.5) is 14.5 Å². The lowest BCUT2D eigenvalue weighted by atomic mass is 10.2. The Kier molecular flexibility index (Phi) is 4.16. The van der Waals surface area contributed by atoms with Crippen molar-refractivity contribution in [1.82, 2.24) is 0 Å². The average Bonchev–Trinajstić information content (AvgIpc) is 2.42. The Morgan fingerprint density at radius 2 is 1.79 bits per heavy atom. The summed E-state index contributed by atoms with van der Waals surface area (Å²) in [7, 11) is 0. The topological polar surface area (TPSA) is 29.1 Å². The van der Waals surface area contributed by atoms with Gasteiger partial charge >= 0.3 is 0 Å². The Morgan fingerprint density at radius 1 is 1.11 bits per heavy atom. The van der Waals surface area contributed by atoms with Gasteiger partial charge < -0.3 is 5.32 Å². The standard InChI is InChI=1S/C14H11F2NOS/c1-19-11-5-3-10(4-6-11)17-14(18)12-8-9(15)2-7-13(12)16/h2-8H,1H3,(H,17,18). The molecule has 0 unspecified atom stereocenters. The molecule has 5 heteroatoms. The van der Waals surface area contributed by atoms with Crippen LogP contribution in [0, 0.1) is 11.6 Å². The van der Waals surface area contributed by atoms with Crippen molar-refractivity contribution in [2.75, 3.05) is 11.6 Å². The number of anilines is 1. The van der Waals surface area contributed by atoms with E-state index in [1.54, 1.807) is 23.9 Å². The fourth-order valence-corrected chi connectivity index (χ4v) is 1.95. The Balaban J connectivity index is 2.18. The molecule has 1 N–H and O–H groups in total. The molecule has 19 heavy (non-hydrogen) atoms. The van der Waals surface area contributed by atoms with Crippen LogP contribution >= 0.6 is 11.8 Å². The van der Waals surface area contributed by atoms with Crippen LogP contribution in [0.5, 0.6) is 0 Å². The van der Waals surface area contributed by atoms with E-state index in [1.807, 2.05) is 18.4 Å². The minimum Gasteiger partial charge on any atom is -0.322 e. The Morgan fingerprint density at radius 3 is 2.42 bits per heavy atom. The van der Waals surface area contributed by atoms with Gasteiger partial charge in [-0.15, -0.1) is 11.8 Å². The Hall–Kier alpha value is -1.88. The van der Waals surface area contributed by atoms with Crippen molar-refractivity contribution < 1.29 is 13.6 Å². The molecule has 0 aliphatic heterocycles. The predicted molar refractivity (Wildman–Crippen MR) is 72.5 cm³/mol. The Bertz CT molecular complexity index is 599. The first-order valence-electron chi connectivity index (χ1n) is 5.50. The molecule has 0 heterocycles. The van der Waals surface area contributed by atoms with Crippen LogP contribution in [0.25, 0.3) is 0 Å². The zero-order valence-electron chi connectivity index (χ0n) is 10.1. The molecule has 0 saturated heterocycles. The van der Waals surface area contributed by atoms with E-state index >= 15 is 0 Å². The highest BCUT2D eigenvalue weighted by atomic mass is 32.2. The lowest BCUT2D eigenvalue weighted by Gasteiger charge is -2.06. The summed E-state index contributed by atoms with van der Waals surface area (Å²) in [5, 5.41) is 2.52. The summed E-state index contributed by atoms with van der Waals surface area (Å²) in [6, 6.07) is 9.87. The van der Waals surface area contributed by atoms with E-state index in [0.717, 1.165) is 23.1 Å². The summed E-state index contributed by atoms with van der Waals surface area (Å²) in [5.74, 6) is -2.07. The largest absolute Gasteiger partial charge is 0.322 e. The van der Waals surface area contributed by atoms with Crippen molar-refractivity contribution in [3.63, 3.8) is 0 Å². The minimum absolute atomic E-state index is 0.311. The summed E-state index contributed by atoms with van der Waals surface area (Å²) in [5.41, 5.74) is 0.223. The van der Waals surface area contributed by atoms with E-state index in [1.165, 1.54) is 0 Å². The van der Waals surface area contributed by atoms with Crippen molar-refractivity contribution in [3.05, 3.63) is 59.7 Å². The second kappa shape index (κ2) is 5.84. The highest BCUT2D eigenvalue weighted by molar-refractivity contribution is 7.98. The molecule has 0 bridgehead atoms. The highest BCUT2D eigenvalue weighted by Gasteiger charge is 2.12. The molecule has 2 nitrogen and oxygen atoms in total. The van der Waals surface area contributed by atoms with Gasteiger partial charge in [0.05, 0.1) is 5.56 Å². The van der Waals surface area contributed by atoms with Crippen LogP contribution in [0.15, 0.2) is 47.4 Å². The summed E-state index contributed by atoms with van der Waals surface area (Å²) < 4.78 is 26.4. The second-order valence-electron chi connectivity index (χ2n) is 3.81. The normalized spacial score (nSPS) is 10.3. The van der Waals surface area contributed by atoms with E-state index in [-0.39, 0.29) is 5.56 Å². The number of rotatable bonds is 3. The molecular formula is C14H11F2NOS. The third-order valence-electron chi connectivity index (χ3n) is 2.52. The number of hydrogen-bond acceptors (Lipinski definition) is 2. The molecular weight excluding hydrogens is 268 g/mol. The molecule has 0 aliphatic rings. The number of nitrogens with one attached hydrogen (secondary N) is 1. The molecule has 2 aromatic carbocycles. The number of thioether (sulfide) groups is 1. The summed E-state index contributed by atoms with van der Waals surface area (Å²) >= 11 is 1.57. The summed E-state index contributed by atoms with van der Waals surface area (Å²) in [6.07, 6.45) is 1.94. The zero-order valence-corrected chi connectivity index (χ0v) is 10.9. The van der Waals surface area contributed by atoms with Gasteiger partial charge in [0, 0.05) is 10.6 Å². The van der Waals surface area contributed by atoms with Crippen LogP contribution in [-0.2, 0) is 0 Å². The van der Waals surface area contributed by atoms with E-state index in [4.69, 9.17) is 0 Å². The van der Waals surface area contributed by atoms with Gasteiger partial charge in [-0.3, -0.25) is 4.79 Å². The highest BCUT2D eigenvalue weighted by Crippen LogP contribution is 2.18. The molecule has 0 spiro atoms. The first kappa shape index (κ1) is 13.5. The smallest absolute Gasteiger partial charge is 0.258 e. The fourth-order valence-electron chi connectivity index (χ4n) is 1.54. The van der Waals surface area contributed by atoms with Gasteiger partial charge in [0.1, 0.15) is 11.6 Å². The SMILES string of the molecule is CSc1ccc(NC(=O)c2cc(F)ccc2F)cc1. The van der Waals surface area contributed by atoms with Crippen molar-refractivity contribution in [2.45, 2.75) is 4.90 Å². The fraction of sp³-hybridized carbons (Fsp3) is 0.0714. The van der Waals surface area contributed by atoms with Crippen LogP contribution in [0.1, 0.15) is 10.4 Å². The summed E-state index contributed by atoms with van der Waals surface area (Å²) in [4.78, 5) is 12.9. The van der Waals surface area contributed by atoms with Gasteiger partial charge in [-0.2, -0.15) is 0 Å². The molecule has 2 aromatic rings. The maximum Gasteiger partial charge on any atom is 0.258 e. The lowest BCUT2D eigenvalue weighted by molar-refractivity contribution is 0.102. The van der Waals surface area contributed by atoms with Gasteiger partial charge in [-0.05, 0) is 48.7 Å². The third-order valence-corrected chi connectivity index (χ3v) is 3.26. The maximum atomic E-state index is 13.4. The molecule has 0 aliphatic carbocycles. The van der Waals surface area contributed by atoms with Crippen molar-refractivity contribution in [2.24, 2.45) is 0 Å². The second-order valence-corrected chi connectivity index (χ2v) is 4.69. The van der Waals surface area contributed by atoms with Gasteiger partial charge in [0.25, 0.3) is 5.91 Å². The van der Waals surface area contributed by atoms with E-state index in [2.05, 4.69) is 5.32 Å². The van der Waals surface area contributed by atoms with E-state index in [0.29, 0.717) is 5.69 Å². The first-order valence-corrected chi connectivity index (χ1v) is 6.73. The van der Waals surface area contributed by atoms with Gasteiger partial charge in [-0.1, -0.05) is 0 Å². The molecule has 98 valence electrons. The number of hydrogen-bond donors (Lipinski definition) is 1. The predicted octanol–water partition coefficient (Wildman–Crippen LogP) is 3.94. The number of carbonyl (C=O) groups excluding carboxylic acids is 1. The quantitative estimate of drug-likeness (QED) is 0.862. The number of benzene rings is 2. The van der Waals surface area contributed by atoms with Crippen LogP contribution in [-0.4, -0.2) is 12.2 Å². The van der Waals surface area contributed by atoms with Crippen LogP contribution in [0.3, 0.4) is 0 Å². The van der Waals surface area contributed by atoms with E-state index < -0.39 is 17.5 Å².